The van der Waals surface area contributed by atoms with Gasteiger partial charge in [-0.3, -0.25) is 0 Å². The zero-order valence-corrected chi connectivity index (χ0v) is 11.4. The molecule has 3 heteroatoms. The van der Waals surface area contributed by atoms with Crippen molar-refractivity contribution in [3.63, 3.8) is 0 Å². The smallest absolute Gasteiger partial charge is 0.127 e. The number of aromatic amines is 1. The molecular weight excluding hydrogens is 222 g/mol. The van der Waals surface area contributed by atoms with E-state index in [0.29, 0.717) is 0 Å². The first kappa shape index (κ1) is 13.3. The fourth-order valence-electron chi connectivity index (χ4n) is 2.61. The van der Waals surface area contributed by atoms with E-state index < -0.39 is 0 Å². The lowest BCUT2D eigenvalue weighted by Gasteiger charge is -2.21. The maximum absolute atomic E-state index is 4.44. The lowest BCUT2D eigenvalue weighted by Crippen LogP contribution is -2.25. The van der Waals surface area contributed by atoms with Crippen LogP contribution < -0.4 is 5.32 Å². The highest BCUT2D eigenvalue weighted by molar-refractivity contribution is 5.18. The van der Waals surface area contributed by atoms with E-state index in [9.17, 15) is 0 Å². The molecule has 18 heavy (non-hydrogen) atoms. The van der Waals surface area contributed by atoms with Crippen LogP contribution in [-0.2, 0) is 0 Å². The summed E-state index contributed by atoms with van der Waals surface area (Å²) in [6, 6.07) is 0.290. The summed E-state index contributed by atoms with van der Waals surface area (Å²) < 4.78 is 0. The summed E-state index contributed by atoms with van der Waals surface area (Å²) in [5.74, 6) is 1.07. The minimum Gasteiger partial charge on any atom is -0.347 e. The molecular formula is C15H25N3. The second kappa shape index (κ2) is 7.37. The van der Waals surface area contributed by atoms with Crippen LogP contribution in [0.25, 0.3) is 0 Å². The van der Waals surface area contributed by atoms with Crippen molar-refractivity contribution in [2.45, 2.75) is 57.9 Å². The minimum atomic E-state index is 0.290. The van der Waals surface area contributed by atoms with Gasteiger partial charge in [0.05, 0.1) is 6.04 Å². The second-order valence-electron chi connectivity index (χ2n) is 5.09. The molecule has 2 rings (SSSR count). The molecule has 2 N–H and O–H groups in total. The van der Waals surface area contributed by atoms with Gasteiger partial charge in [-0.25, -0.2) is 4.98 Å². The first-order chi connectivity index (χ1) is 8.92. The Hall–Kier alpha value is -1.09. The number of nitrogens with one attached hydrogen (secondary N) is 2. The number of aromatic nitrogens is 2. The molecule has 1 unspecified atom stereocenters. The van der Waals surface area contributed by atoms with Crippen LogP contribution in [0.1, 0.15) is 63.7 Å². The molecule has 0 spiro atoms. The zero-order valence-electron chi connectivity index (χ0n) is 11.4. The third kappa shape index (κ3) is 3.70. The molecule has 0 fully saturated rings. The molecule has 1 aromatic rings. The molecule has 0 saturated heterocycles. The van der Waals surface area contributed by atoms with Crippen LogP contribution in [0.4, 0.5) is 0 Å². The van der Waals surface area contributed by atoms with E-state index in [0.717, 1.165) is 18.8 Å². The Morgan fingerprint density at radius 3 is 3.00 bits per heavy atom. The molecule has 0 amide bonds. The normalized spacial score (nSPS) is 21.7. The first-order valence-corrected chi connectivity index (χ1v) is 7.33. The SMILES string of the molecule is CCCNC(/C1=C/CCCCCC1)c1ncc[nH]1. The standard InChI is InChI=1S/C15H25N3/c1-2-10-16-14(15-17-11-12-18-15)13-8-6-4-3-5-7-9-13/h8,11-12,14,16H,2-7,9-10H2,1H3,(H,17,18)/b13-8+. The van der Waals surface area contributed by atoms with Crippen molar-refractivity contribution in [1.29, 1.82) is 0 Å². The molecule has 0 aromatic carbocycles. The summed E-state index contributed by atoms with van der Waals surface area (Å²) in [5.41, 5.74) is 1.53. The van der Waals surface area contributed by atoms with E-state index in [1.807, 2.05) is 12.4 Å². The first-order valence-electron chi connectivity index (χ1n) is 7.33. The summed E-state index contributed by atoms with van der Waals surface area (Å²) in [6.45, 7) is 3.25. The summed E-state index contributed by atoms with van der Waals surface area (Å²) in [6.07, 6.45) is 15.2. The average Bonchev–Trinajstić information content (AvgIpc) is 2.85. The van der Waals surface area contributed by atoms with Crippen LogP contribution in [0.5, 0.6) is 0 Å². The second-order valence-corrected chi connectivity index (χ2v) is 5.09. The van der Waals surface area contributed by atoms with Gasteiger partial charge < -0.3 is 10.3 Å². The van der Waals surface area contributed by atoms with Gasteiger partial charge in [0.25, 0.3) is 0 Å². The van der Waals surface area contributed by atoms with Gasteiger partial charge in [-0.1, -0.05) is 25.8 Å². The van der Waals surface area contributed by atoms with E-state index in [1.165, 1.54) is 44.1 Å². The Kier molecular flexibility index (Phi) is 5.46. The van der Waals surface area contributed by atoms with Crippen molar-refractivity contribution in [3.05, 3.63) is 29.9 Å². The predicted molar refractivity (Wildman–Crippen MR) is 75.4 cm³/mol. The van der Waals surface area contributed by atoms with Gasteiger partial charge in [0.15, 0.2) is 0 Å². The minimum absolute atomic E-state index is 0.290. The van der Waals surface area contributed by atoms with Crippen LogP contribution in [-0.4, -0.2) is 16.5 Å². The highest BCUT2D eigenvalue weighted by atomic mass is 15.0. The van der Waals surface area contributed by atoms with Gasteiger partial charge in [0.2, 0.25) is 0 Å². The molecule has 1 aromatic heterocycles. The Labute approximate surface area is 110 Å². The molecule has 0 saturated carbocycles. The zero-order chi connectivity index (χ0) is 12.6. The van der Waals surface area contributed by atoms with Crippen molar-refractivity contribution >= 4 is 0 Å². The van der Waals surface area contributed by atoms with Gasteiger partial charge in [0.1, 0.15) is 5.82 Å². The largest absolute Gasteiger partial charge is 0.347 e. The summed E-state index contributed by atoms with van der Waals surface area (Å²) in [5, 5.41) is 3.63. The lowest BCUT2D eigenvalue weighted by molar-refractivity contribution is 0.526. The molecule has 0 aliphatic heterocycles. The fraction of sp³-hybridized carbons (Fsp3) is 0.667. The van der Waals surface area contributed by atoms with Crippen molar-refractivity contribution < 1.29 is 0 Å². The maximum atomic E-state index is 4.44. The van der Waals surface area contributed by atoms with Crippen LogP contribution in [0, 0.1) is 0 Å². The van der Waals surface area contributed by atoms with Crippen LogP contribution >= 0.6 is 0 Å². The third-order valence-electron chi connectivity index (χ3n) is 3.59. The number of imidazole rings is 1. The van der Waals surface area contributed by atoms with Gasteiger partial charge in [-0.15, -0.1) is 0 Å². The Bertz CT molecular complexity index is 354. The number of allylic oxidation sites excluding steroid dienone is 1. The molecule has 3 nitrogen and oxygen atoms in total. The van der Waals surface area contributed by atoms with E-state index >= 15 is 0 Å². The average molecular weight is 247 g/mol. The van der Waals surface area contributed by atoms with Gasteiger partial charge in [-0.05, 0) is 44.2 Å². The quantitative estimate of drug-likeness (QED) is 0.778. The van der Waals surface area contributed by atoms with Crippen LogP contribution in [0.3, 0.4) is 0 Å². The number of rotatable bonds is 5. The van der Waals surface area contributed by atoms with Crippen molar-refractivity contribution in [2.75, 3.05) is 6.54 Å². The maximum Gasteiger partial charge on any atom is 0.127 e. The van der Waals surface area contributed by atoms with Crippen molar-refractivity contribution in [1.82, 2.24) is 15.3 Å². The Balaban J connectivity index is 2.11. The van der Waals surface area contributed by atoms with E-state index in [2.05, 4.69) is 28.3 Å². The van der Waals surface area contributed by atoms with Crippen LogP contribution in [0.15, 0.2) is 24.0 Å². The molecule has 100 valence electrons. The molecule has 0 bridgehead atoms. The van der Waals surface area contributed by atoms with Crippen LogP contribution in [0.2, 0.25) is 0 Å². The van der Waals surface area contributed by atoms with E-state index in [-0.39, 0.29) is 6.04 Å². The summed E-state index contributed by atoms with van der Waals surface area (Å²) >= 11 is 0. The highest BCUT2D eigenvalue weighted by Crippen LogP contribution is 2.27. The molecule has 1 aliphatic rings. The predicted octanol–water partition coefficient (Wildman–Crippen LogP) is 3.73. The molecule has 1 atom stereocenters. The molecule has 0 radical (unpaired) electrons. The van der Waals surface area contributed by atoms with Gasteiger partial charge >= 0.3 is 0 Å². The number of nitrogens with zero attached hydrogens (tertiary/aromatic N) is 1. The third-order valence-corrected chi connectivity index (χ3v) is 3.59. The summed E-state index contributed by atoms with van der Waals surface area (Å²) in [7, 11) is 0. The van der Waals surface area contributed by atoms with Gasteiger partial charge in [0, 0.05) is 12.4 Å². The van der Waals surface area contributed by atoms with Crippen molar-refractivity contribution in [2.24, 2.45) is 0 Å². The molecule has 1 heterocycles. The number of hydrogen-bond acceptors (Lipinski definition) is 2. The highest BCUT2D eigenvalue weighted by Gasteiger charge is 2.18. The monoisotopic (exact) mass is 247 g/mol. The fourth-order valence-corrected chi connectivity index (χ4v) is 2.61. The number of hydrogen-bond donors (Lipinski definition) is 2. The topological polar surface area (TPSA) is 40.7 Å². The van der Waals surface area contributed by atoms with E-state index in [1.54, 1.807) is 0 Å². The Morgan fingerprint density at radius 1 is 1.33 bits per heavy atom. The Morgan fingerprint density at radius 2 is 2.22 bits per heavy atom. The van der Waals surface area contributed by atoms with Crippen molar-refractivity contribution in [3.8, 4) is 0 Å². The lowest BCUT2D eigenvalue weighted by atomic mass is 9.94. The molecule has 1 aliphatic carbocycles. The number of H-pyrrole nitrogens is 1. The summed E-state index contributed by atoms with van der Waals surface area (Å²) in [4.78, 5) is 7.70. The van der Waals surface area contributed by atoms with Gasteiger partial charge in [-0.2, -0.15) is 0 Å². The van der Waals surface area contributed by atoms with E-state index in [4.69, 9.17) is 0 Å².